The van der Waals surface area contributed by atoms with Gasteiger partial charge in [0, 0.05) is 45.0 Å². The molecule has 4 aromatic carbocycles. The number of carbonyl (C=O) groups is 5. The molecule has 2 aromatic heterocycles. The highest BCUT2D eigenvalue weighted by Crippen LogP contribution is 2.32. The van der Waals surface area contributed by atoms with E-state index in [0.29, 0.717) is 45.0 Å². The molecule has 0 atom stereocenters. The first kappa shape index (κ1) is 42.3. The molecule has 13 nitrogen and oxygen atoms in total. The summed E-state index contributed by atoms with van der Waals surface area (Å²) in [5.74, 6) is -5.20. The maximum absolute atomic E-state index is 14.4. The van der Waals surface area contributed by atoms with Gasteiger partial charge < -0.3 is 36.5 Å². The number of carbonyl (C=O) groups excluding carboxylic acids is 3. The number of carboxylic acids is 2. The second kappa shape index (κ2) is 17.9. The molecule has 59 heavy (non-hydrogen) atoms. The van der Waals surface area contributed by atoms with Crippen LogP contribution in [0.4, 0.5) is 8.78 Å². The molecule has 6 aromatic rings. The molecule has 0 fully saturated rings. The molecule has 300 valence electrons. The number of nitrogens with two attached hydrogens (primary N) is 3. The van der Waals surface area contributed by atoms with Crippen LogP contribution in [0.1, 0.15) is 72.0 Å². The van der Waals surface area contributed by atoms with Crippen LogP contribution in [0.3, 0.4) is 0 Å². The van der Waals surface area contributed by atoms with Crippen LogP contribution in [0.5, 0.6) is 0 Å². The van der Waals surface area contributed by atoms with E-state index < -0.39 is 41.3 Å². The van der Waals surface area contributed by atoms with Crippen molar-refractivity contribution in [1.29, 1.82) is 5.26 Å². The number of benzene rings is 4. The summed E-state index contributed by atoms with van der Waals surface area (Å²) in [5, 5.41) is 27.3. The zero-order valence-corrected chi connectivity index (χ0v) is 31.8. The zero-order chi connectivity index (χ0) is 43.1. The summed E-state index contributed by atoms with van der Waals surface area (Å²) in [6.07, 6.45) is 0.373. The summed E-state index contributed by atoms with van der Waals surface area (Å²) in [7, 11) is 0. The molecule has 0 unspecified atom stereocenters. The Morgan fingerprint density at radius 2 is 1.05 bits per heavy atom. The van der Waals surface area contributed by atoms with Crippen molar-refractivity contribution < 1.29 is 43.0 Å². The van der Waals surface area contributed by atoms with E-state index in [1.807, 2.05) is 22.1 Å². The molecule has 0 aliphatic heterocycles. The third-order valence-corrected chi connectivity index (χ3v) is 9.47. The van der Waals surface area contributed by atoms with Crippen LogP contribution in [0.25, 0.3) is 33.9 Å². The largest absolute Gasteiger partial charge is 0.481 e. The number of halogens is 2. The summed E-state index contributed by atoms with van der Waals surface area (Å²) in [6.45, 7) is 3.61. The Balaban J connectivity index is 0.000000224. The topological polar surface area (TPSA) is 238 Å². The minimum atomic E-state index is -0.943. The molecular formula is C44H38F2N6O7. The van der Waals surface area contributed by atoms with E-state index in [0.717, 1.165) is 22.5 Å². The van der Waals surface area contributed by atoms with Crippen LogP contribution in [0.15, 0.2) is 97.1 Å². The van der Waals surface area contributed by atoms with Crippen molar-refractivity contribution in [3.63, 3.8) is 0 Å². The maximum Gasteiger partial charge on any atom is 0.303 e. The molecular weight excluding hydrogens is 763 g/mol. The van der Waals surface area contributed by atoms with Gasteiger partial charge in [-0.05, 0) is 129 Å². The number of hydrogen-bond donors (Lipinski definition) is 5. The van der Waals surface area contributed by atoms with Gasteiger partial charge in [-0.2, -0.15) is 5.26 Å². The minimum Gasteiger partial charge on any atom is -0.481 e. The van der Waals surface area contributed by atoms with Gasteiger partial charge in [-0.3, -0.25) is 24.0 Å². The standard InChI is InChI=1S/C22H20FN3O4.C22H18FN3O3/c1-12-10-14(21(24)29)3-7-18(12)26-15(5-9-20(27)28)4-8-19(26)13-2-6-16(22(25)30)17(23)11-13;1-13-10-15(22(25)29)3-7-19(13)26-17(5-9-21(27)28)4-8-20(26)14-2-6-18(23)16(11-14)12-24/h2-4,6-8,10-11H,5,9H2,1H3,(H2,24,29)(H2,25,30)(H,27,28);2-4,6-8,10-11H,5,9H2,1H3,(H2,25,29)(H,27,28). The lowest BCUT2D eigenvalue weighted by atomic mass is 10.1. The van der Waals surface area contributed by atoms with Gasteiger partial charge in [0.1, 0.15) is 17.7 Å². The van der Waals surface area contributed by atoms with E-state index in [4.69, 9.17) is 32.7 Å². The summed E-state index contributed by atoms with van der Waals surface area (Å²) >= 11 is 0. The lowest BCUT2D eigenvalue weighted by Crippen LogP contribution is -2.13. The van der Waals surface area contributed by atoms with Crippen molar-refractivity contribution in [3.05, 3.63) is 153 Å². The monoisotopic (exact) mass is 800 g/mol. The molecule has 0 aliphatic carbocycles. The highest BCUT2D eigenvalue weighted by atomic mass is 19.1. The Bertz CT molecular complexity index is 2690. The van der Waals surface area contributed by atoms with Crippen molar-refractivity contribution in [1.82, 2.24) is 9.13 Å². The van der Waals surface area contributed by atoms with E-state index in [1.54, 1.807) is 79.7 Å². The Morgan fingerprint density at radius 3 is 1.44 bits per heavy atom. The Morgan fingerprint density at radius 1 is 0.593 bits per heavy atom. The average molecular weight is 801 g/mol. The Hall–Kier alpha value is -7.86. The van der Waals surface area contributed by atoms with Crippen LogP contribution >= 0.6 is 0 Å². The first-order chi connectivity index (χ1) is 28.0. The number of rotatable bonds is 13. The summed E-state index contributed by atoms with van der Waals surface area (Å²) in [4.78, 5) is 56.4. The van der Waals surface area contributed by atoms with Crippen LogP contribution in [-0.2, 0) is 22.4 Å². The van der Waals surface area contributed by atoms with Crippen molar-refractivity contribution in [2.45, 2.75) is 39.5 Å². The normalized spacial score (nSPS) is 10.6. The number of carboxylic acid groups (broad SMARTS) is 2. The molecule has 2 heterocycles. The minimum absolute atomic E-state index is 0.0608. The van der Waals surface area contributed by atoms with Crippen LogP contribution in [0, 0.1) is 36.8 Å². The van der Waals surface area contributed by atoms with Crippen molar-refractivity contribution in [2.24, 2.45) is 17.2 Å². The van der Waals surface area contributed by atoms with Gasteiger partial charge in [-0.15, -0.1) is 0 Å². The molecule has 0 spiro atoms. The van der Waals surface area contributed by atoms with Gasteiger partial charge >= 0.3 is 11.9 Å². The fourth-order valence-corrected chi connectivity index (χ4v) is 6.60. The number of aliphatic carboxylic acids is 2. The molecule has 15 heteroatoms. The Labute approximate surface area is 336 Å². The van der Waals surface area contributed by atoms with Gasteiger partial charge in [-0.25, -0.2) is 8.78 Å². The highest BCUT2D eigenvalue weighted by Gasteiger charge is 2.19. The van der Waals surface area contributed by atoms with Crippen molar-refractivity contribution >= 4 is 29.7 Å². The van der Waals surface area contributed by atoms with Gasteiger partial charge in [0.2, 0.25) is 11.8 Å². The number of hydrogen-bond acceptors (Lipinski definition) is 6. The second-order valence-electron chi connectivity index (χ2n) is 13.5. The number of aromatic nitrogens is 2. The quantitative estimate of drug-likeness (QED) is 0.0876. The second-order valence-corrected chi connectivity index (χ2v) is 13.5. The number of nitriles is 1. The van der Waals surface area contributed by atoms with Crippen LogP contribution < -0.4 is 17.2 Å². The van der Waals surface area contributed by atoms with E-state index >= 15 is 0 Å². The summed E-state index contributed by atoms with van der Waals surface area (Å²) in [6, 6.07) is 27.2. The van der Waals surface area contributed by atoms with Crippen molar-refractivity contribution in [3.8, 4) is 40.0 Å². The summed E-state index contributed by atoms with van der Waals surface area (Å²) < 4.78 is 31.8. The third kappa shape index (κ3) is 9.58. The predicted molar refractivity (Wildman–Crippen MR) is 214 cm³/mol. The van der Waals surface area contributed by atoms with E-state index in [-0.39, 0.29) is 36.8 Å². The smallest absolute Gasteiger partial charge is 0.303 e. The molecule has 0 aliphatic rings. The number of primary amides is 3. The van der Waals surface area contributed by atoms with E-state index in [9.17, 15) is 32.8 Å². The predicted octanol–water partition coefficient (Wildman–Crippen LogP) is 6.39. The third-order valence-electron chi connectivity index (χ3n) is 9.47. The lowest BCUT2D eigenvalue weighted by molar-refractivity contribution is -0.138. The number of amides is 3. The molecule has 0 radical (unpaired) electrons. The SMILES string of the molecule is Cc1cc(C(N)=O)ccc1-n1c(CCC(=O)O)ccc1-c1ccc(C(N)=O)c(F)c1.Cc1cc(C(N)=O)ccc1-n1c(CCC(=O)O)ccc1-c1ccc(F)c(C#N)c1. The van der Waals surface area contributed by atoms with Crippen molar-refractivity contribution in [2.75, 3.05) is 0 Å². The molecule has 0 saturated heterocycles. The fraction of sp³-hybridized carbons (Fsp3) is 0.136. The first-order valence-electron chi connectivity index (χ1n) is 18.0. The zero-order valence-electron chi connectivity index (χ0n) is 31.8. The van der Waals surface area contributed by atoms with Crippen LogP contribution in [-0.4, -0.2) is 49.0 Å². The van der Waals surface area contributed by atoms with Crippen LogP contribution in [0.2, 0.25) is 0 Å². The molecule has 3 amide bonds. The van der Waals surface area contributed by atoms with E-state index in [1.165, 1.54) is 24.3 Å². The average Bonchev–Trinajstić information content (AvgIpc) is 3.81. The van der Waals surface area contributed by atoms with Gasteiger partial charge in [0.05, 0.1) is 35.4 Å². The van der Waals surface area contributed by atoms with Gasteiger partial charge in [-0.1, -0.05) is 6.07 Å². The molecule has 8 N–H and O–H groups in total. The molecule has 6 rings (SSSR count). The molecule has 0 saturated carbocycles. The van der Waals surface area contributed by atoms with E-state index in [2.05, 4.69) is 0 Å². The molecule has 0 bridgehead atoms. The van der Waals surface area contributed by atoms with Gasteiger partial charge in [0.15, 0.2) is 0 Å². The number of nitrogens with zero attached hydrogens (tertiary/aromatic N) is 3. The Kier molecular flexibility index (Phi) is 12.9. The highest BCUT2D eigenvalue weighted by molar-refractivity contribution is 5.94. The van der Waals surface area contributed by atoms with Gasteiger partial charge in [0.25, 0.3) is 5.91 Å². The lowest BCUT2D eigenvalue weighted by Gasteiger charge is -2.17. The summed E-state index contributed by atoms with van der Waals surface area (Å²) in [5.41, 5.74) is 23.0. The first-order valence-corrected chi connectivity index (χ1v) is 18.0. The fourth-order valence-electron chi connectivity index (χ4n) is 6.60. The maximum atomic E-state index is 14.4. The number of aryl methyl sites for hydroxylation is 4.